The molecule has 0 saturated carbocycles. The number of nitrogens with one attached hydrogen (secondary N) is 1. The first-order valence-electron chi connectivity index (χ1n) is 7.08. The summed E-state index contributed by atoms with van der Waals surface area (Å²) in [7, 11) is 1.68. The maximum absolute atomic E-state index is 12.1. The van der Waals surface area contributed by atoms with Crippen LogP contribution in [0.3, 0.4) is 0 Å². The molecule has 6 nitrogen and oxygen atoms in total. The zero-order valence-electron chi connectivity index (χ0n) is 12.8. The van der Waals surface area contributed by atoms with E-state index in [1.165, 1.54) is 24.5 Å². The average Bonchev–Trinajstić information content (AvgIpc) is 2.41. The molecule has 2 rings (SSSR count). The van der Waals surface area contributed by atoms with Crippen LogP contribution < -0.4 is 11.1 Å². The van der Waals surface area contributed by atoms with Gasteiger partial charge in [0.2, 0.25) is 10.0 Å². The summed E-state index contributed by atoms with van der Waals surface area (Å²) in [4.78, 5) is 2.50. The minimum atomic E-state index is -3.44. The average molecular weight is 312 g/mol. The molecule has 0 spiro atoms. The number of benzene rings is 1. The van der Waals surface area contributed by atoms with Gasteiger partial charge in [-0.2, -0.15) is 0 Å². The van der Waals surface area contributed by atoms with Crippen molar-refractivity contribution >= 4 is 21.4 Å². The van der Waals surface area contributed by atoms with Crippen molar-refractivity contribution in [3.63, 3.8) is 0 Å². The van der Waals surface area contributed by atoms with Gasteiger partial charge in [-0.25, -0.2) is 12.7 Å². The highest BCUT2D eigenvalue weighted by Gasteiger charge is 2.20. The molecule has 0 aromatic heterocycles. The SMILES string of the molecule is CN1CCCC(Nc2ccc(S(=O)(=O)N(C)C)cc2N)C1. The molecule has 1 atom stereocenters. The Morgan fingerprint density at radius 1 is 1.38 bits per heavy atom. The lowest BCUT2D eigenvalue weighted by Gasteiger charge is -2.31. The Kier molecular flexibility index (Phi) is 4.75. The lowest BCUT2D eigenvalue weighted by atomic mass is 10.1. The second kappa shape index (κ2) is 6.21. The summed E-state index contributed by atoms with van der Waals surface area (Å²) in [6.07, 6.45) is 2.25. The molecule has 7 heteroatoms. The minimum absolute atomic E-state index is 0.219. The lowest BCUT2D eigenvalue weighted by Crippen LogP contribution is -2.39. The van der Waals surface area contributed by atoms with Gasteiger partial charge in [0.1, 0.15) is 0 Å². The Labute approximate surface area is 127 Å². The van der Waals surface area contributed by atoms with Crippen molar-refractivity contribution in [1.29, 1.82) is 0 Å². The zero-order valence-corrected chi connectivity index (χ0v) is 13.7. The summed E-state index contributed by atoms with van der Waals surface area (Å²) >= 11 is 0. The van der Waals surface area contributed by atoms with Gasteiger partial charge >= 0.3 is 0 Å². The Hall–Kier alpha value is -1.31. The van der Waals surface area contributed by atoms with Crippen molar-refractivity contribution in [2.45, 2.75) is 23.8 Å². The van der Waals surface area contributed by atoms with Gasteiger partial charge in [0.15, 0.2) is 0 Å². The first-order chi connectivity index (χ1) is 9.80. The van der Waals surface area contributed by atoms with Crippen LogP contribution in [0.25, 0.3) is 0 Å². The number of rotatable bonds is 4. The summed E-state index contributed by atoms with van der Waals surface area (Å²) in [5.41, 5.74) is 7.27. The second-order valence-corrected chi connectivity index (χ2v) is 7.93. The predicted octanol–water partition coefficient (Wildman–Crippen LogP) is 1.03. The molecule has 0 amide bonds. The van der Waals surface area contributed by atoms with E-state index in [-0.39, 0.29) is 4.90 Å². The number of hydrogen-bond acceptors (Lipinski definition) is 5. The third-order valence-electron chi connectivity index (χ3n) is 3.79. The van der Waals surface area contributed by atoms with Gasteiger partial charge in [0.05, 0.1) is 16.3 Å². The monoisotopic (exact) mass is 312 g/mol. The second-order valence-electron chi connectivity index (χ2n) is 5.78. The van der Waals surface area contributed by atoms with Gasteiger partial charge < -0.3 is 16.0 Å². The van der Waals surface area contributed by atoms with Gasteiger partial charge in [0.25, 0.3) is 0 Å². The quantitative estimate of drug-likeness (QED) is 0.812. The van der Waals surface area contributed by atoms with Crippen LogP contribution >= 0.6 is 0 Å². The molecular formula is C14H24N4O2S. The van der Waals surface area contributed by atoms with Gasteiger partial charge in [-0.1, -0.05) is 0 Å². The maximum atomic E-state index is 12.1. The fourth-order valence-electron chi connectivity index (χ4n) is 2.55. The van der Waals surface area contributed by atoms with Crippen LogP contribution in [0.5, 0.6) is 0 Å². The Morgan fingerprint density at radius 2 is 2.10 bits per heavy atom. The molecule has 1 aromatic carbocycles. The largest absolute Gasteiger partial charge is 0.397 e. The van der Waals surface area contributed by atoms with Gasteiger partial charge in [-0.3, -0.25) is 0 Å². The molecule has 0 aliphatic carbocycles. The van der Waals surface area contributed by atoms with Crippen molar-refractivity contribution in [2.75, 3.05) is 45.3 Å². The number of likely N-dealkylation sites (N-methyl/N-ethyl adjacent to an activating group) is 1. The van der Waals surface area contributed by atoms with E-state index in [1.807, 2.05) is 0 Å². The van der Waals surface area contributed by atoms with E-state index in [1.54, 1.807) is 12.1 Å². The molecule has 1 heterocycles. The van der Waals surface area contributed by atoms with E-state index in [9.17, 15) is 8.42 Å². The highest BCUT2D eigenvalue weighted by atomic mass is 32.2. The highest BCUT2D eigenvalue weighted by molar-refractivity contribution is 7.89. The number of piperidine rings is 1. The van der Waals surface area contributed by atoms with E-state index < -0.39 is 10.0 Å². The highest BCUT2D eigenvalue weighted by Crippen LogP contribution is 2.25. The van der Waals surface area contributed by atoms with E-state index in [4.69, 9.17) is 5.73 Å². The fraction of sp³-hybridized carbons (Fsp3) is 0.571. The molecule has 1 aliphatic rings. The Balaban J connectivity index is 2.16. The number of anilines is 2. The maximum Gasteiger partial charge on any atom is 0.242 e. The first kappa shape index (κ1) is 16.1. The molecule has 118 valence electrons. The first-order valence-corrected chi connectivity index (χ1v) is 8.52. The fourth-order valence-corrected chi connectivity index (χ4v) is 3.49. The Morgan fingerprint density at radius 3 is 2.67 bits per heavy atom. The summed E-state index contributed by atoms with van der Waals surface area (Å²) in [6, 6.07) is 5.22. The normalized spacial score (nSPS) is 20.7. The van der Waals surface area contributed by atoms with Crippen LogP contribution in [-0.2, 0) is 10.0 Å². The summed E-state index contributed by atoms with van der Waals surface area (Å²) in [6.45, 7) is 2.09. The van der Waals surface area contributed by atoms with Crippen LogP contribution in [-0.4, -0.2) is 57.9 Å². The van der Waals surface area contributed by atoms with Crippen LogP contribution in [0.2, 0.25) is 0 Å². The molecule has 1 saturated heterocycles. The topological polar surface area (TPSA) is 78.7 Å². The standard InChI is InChI=1S/C14H24N4O2S/c1-17(2)21(19,20)12-6-7-14(13(15)9-12)16-11-5-4-8-18(3)10-11/h6-7,9,11,16H,4-5,8,10,15H2,1-3H3. The molecule has 1 fully saturated rings. The molecule has 0 radical (unpaired) electrons. The number of hydrogen-bond donors (Lipinski definition) is 2. The molecular weight excluding hydrogens is 288 g/mol. The van der Waals surface area contributed by atoms with Crippen LogP contribution in [0.4, 0.5) is 11.4 Å². The molecule has 1 unspecified atom stereocenters. The van der Waals surface area contributed by atoms with E-state index >= 15 is 0 Å². The molecule has 1 aromatic rings. The van der Waals surface area contributed by atoms with E-state index in [2.05, 4.69) is 17.3 Å². The van der Waals surface area contributed by atoms with Crippen LogP contribution in [0.1, 0.15) is 12.8 Å². The Bertz CT molecular complexity index is 601. The molecule has 3 N–H and O–H groups in total. The summed E-state index contributed by atoms with van der Waals surface area (Å²) in [5, 5.41) is 3.41. The van der Waals surface area contributed by atoms with Gasteiger partial charge in [-0.15, -0.1) is 0 Å². The van der Waals surface area contributed by atoms with Crippen molar-refractivity contribution in [3.05, 3.63) is 18.2 Å². The third-order valence-corrected chi connectivity index (χ3v) is 5.60. The third kappa shape index (κ3) is 3.66. The summed E-state index contributed by atoms with van der Waals surface area (Å²) in [5.74, 6) is 0. The molecule has 21 heavy (non-hydrogen) atoms. The number of sulfonamides is 1. The smallest absolute Gasteiger partial charge is 0.242 e. The van der Waals surface area contributed by atoms with Crippen LogP contribution in [0.15, 0.2) is 23.1 Å². The van der Waals surface area contributed by atoms with Gasteiger partial charge in [0, 0.05) is 26.7 Å². The zero-order chi connectivity index (χ0) is 15.6. The predicted molar refractivity (Wildman–Crippen MR) is 85.9 cm³/mol. The van der Waals surface area contributed by atoms with Crippen molar-refractivity contribution < 1.29 is 8.42 Å². The lowest BCUT2D eigenvalue weighted by molar-refractivity contribution is 0.261. The molecule has 1 aliphatic heterocycles. The number of nitrogens with zero attached hydrogens (tertiary/aromatic N) is 2. The van der Waals surface area contributed by atoms with Crippen molar-refractivity contribution in [2.24, 2.45) is 0 Å². The van der Waals surface area contributed by atoms with E-state index in [0.717, 1.165) is 31.6 Å². The summed E-state index contributed by atoms with van der Waals surface area (Å²) < 4.78 is 25.3. The van der Waals surface area contributed by atoms with Gasteiger partial charge in [-0.05, 0) is 44.6 Å². The number of likely N-dealkylation sites (tertiary alicyclic amines) is 1. The van der Waals surface area contributed by atoms with Crippen molar-refractivity contribution in [3.8, 4) is 0 Å². The number of nitrogens with two attached hydrogens (primary N) is 1. The number of nitrogen functional groups attached to an aromatic ring is 1. The minimum Gasteiger partial charge on any atom is -0.397 e. The van der Waals surface area contributed by atoms with Crippen LogP contribution in [0, 0.1) is 0 Å². The molecule has 0 bridgehead atoms. The van der Waals surface area contributed by atoms with E-state index in [0.29, 0.717) is 11.7 Å². The van der Waals surface area contributed by atoms with Crippen molar-refractivity contribution in [1.82, 2.24) is 9.21 Å².